The molecule has 1 aliphatic heterocycles. The Morgan fingerprint density at radius 1 is 1.25 bits per heavy atom. The molecule has 1 N–H and O–H groups in total. The molecule has 2 aromatic rings. The summed E-state index contributed by atoms with van der Waals surface area (Å²) in [5.41, 5.74) is 3.73. The summed E-state index contributed by atoms with van der Waals surface area (Å²) in [6.45, 7) is 7.51. The summed E-state index contributed by atoms with van der Waals surface area (Å²) in [6.07, 6.45) is 0.648. The first-order valence-corrected chi connectivity index (χ1v) is 9.45. The van der Waals surface area contributed by atoms with Crippen molar-refractivity contribution in [1.29, 1.82) is 0 Å². The molecule has 3 rings (SSSR count). The van der Waals surface area contributed by atoms with Crippen molar-refractivity contribution >= 4 is 23.3 Å². The van der Waals surface area contributed by atoms with Gasteiger partial charge in [-0.3, -0.25) is 4.79 Å². The predicted molar refractivity (Wildman–Crippen MR) is 107 cm³/mol. The molecule has 1 heterocycles. The number of halogens is 1. The number of aryl methyl sites for hydroxylation is 1. The van der Waals surface area contributed by atoms with Crippen LogP contribution in [0.4, 0.5) is 15.8 Å². The van der Waals surface area contributed by atoms with Crippen molar-refractivity contribution in [3.8, 4) is 0 Å². The lowest BCUT2D eigenvalue weighted by Crippen LogP contribution is -2.43. The van der Waals surface area contributed by atoms with E-state index in [1.807, 2.05) is 19.9 Å². The highest BCUT2D eigenvalue weighted by Crippen LogP contribution is 2.39. The Balaban J connectivity index is 1.92. The van der Waals surface area contributed by atoms with Crippen LogP contribution in [0.25, 0.3) is 0 Å². The summed E-state index contributed by atoms with van der Waals surface area (Å²) < 4.78 is 19.0. The van der Waals surface area contributed by atoms with Crippen LogP contribution >= 0.6 is 0 Å². The minimum atomic E-state index is -0.354. The largest absolute Gasteiger partial charge is 0.462 e. The lowest BCUT2D eigenvalue weighted by molar-refractivity contribution is -0.117. The van der Waals surface area contributed by atoms with Gasteiger partial charge in [0.1, 0.15) is 5.82 Å². The first-order chi connectivity index (χ1) is 13.3. The van der Waals surface area contributed by atoms with E-state index in [2.05, 4.69) is 5.32 Å². The molecule has 0 spiro atoms. The van der Waals surface area contributed by atoms with Gasteiger partial charge in [0.2, 0.25) is 5.91 Å². The van der Waals surface area contributed by atoms with Crippen molar-refractivity contribution < 1.29 is 18.7 Å². The number of nitrogens with zero attached hydrogens (tertiary/aromatic N) is 1. The van der Waals surface area contributed by atoms with Crippen LogP contribution in [0.1, 0.15) is 54.7 Å². The number of esters is 1. The number of anilines is 2. The van der Waals surface area contributed by atoms with Crippen molar-refractivity contribution in [2.24, 2.45) is 0 Å². The first kappa shape index (κ1) is 19.9. The molecule has 28 heavy (non-hydrogen) atoms. The van der Waals surface area contributed by atoms with Gasteiger partial charge in [-0.2, -0.15) is 0 Å². The molecular weight excluding hydrogens is 359 g/mol. The van der Waals surface area contributed by atoms with E-state index >= 15 is 0 Å². The zero-order chi connectivity index (χ0) is 20.4. The monoisotopic (exact) mass is 384 g/mol. The smallest absolute Gasteiger partial charge is 0.338 e. The van der Waals surface area contributed by atoms with Crippen LogP contribution in [-0.4, -0.2) is 24.5 Å². The van der Waals surface area contributed by atoms with Crippen LogP contribution in [-0.2, 0) is 9.53 Å². The van der Waals surface area contributed by atoms with E-state index in [1.54, 1.807) is 30.0 Å². The average Bonchev–Trinajstić information content (AvgIpc) is 2.63. The van der Waals surface area contributed by atoms with E-state index in [0.29, 0.717) is 18.6 Å². The van der Waals surface area contributed by atoms with E-state index in [1.165, 1.54) is 19.1 Å². The van der Waals surface area contributed by atoms with Crippen LogP contribution in [0.15, 0.2) is 36.4 Å². The number of benzene rings is 2. The van der Waals surface area contributed by atoms with Crippen molar-refractivity contribution in [1.82, 2.24) is 0 Å². The summed E-state index contributed by atoms with van der Waals surface area (Å²) in [6, 6.07) is 9.68. The van der Waals surface area contributed by atoms with Crippen LogP contribution in [0.3, 0.4) is 0 Å². The summed E-state index contributed by atoms with van der Waals surface area (Å²) in [5, 5.41) is 3.46. The number of carbonyl (C=O) groups excluding carboxylic acids is 2. The fraction of sp³-hybridized carbons (Fsp3) is 0.364. The summed E-state index contributed by atoms with van der Waals surface area (Å²) in [5.74, 6) is -0.750. The highest BCUT2D eigenvalue weighted by atomic mass is 19.1. The van der Waals surface area contributed by atoms with E-state index in [-0.39, 0.29) is 29.8 Å². The Labute approximate surface area is 164 Å². The maximum atomic E-state index is 13.9. The van der Waals surface area contributed by atoms with Gasteiger partial charge in [0.15, 0.2) is 0 Å². The number of ether oxygens (including phenoxy) is 1. The highest BCUT2D eigenvalue weighted by Gasteiger charge is 2.32. The third kappa shape index (κ3) is 3.86. The molecule has 2 atom stereocenters. The second-order valence-corrected chi connectivity index (χ2v) is 7.12. The molecule has 0 saturated carbocycles. The fourth-order valence-electron chi connectivity index (χ4n) is 3.81. The topological polar surface area (TPSA) is 58.6 Å². The Bertz CT molecular complexity index is 913. The van der Waals surface area contributed by atoms with Gasteiger partial charge in [-0.25, -0.2) is 9.18 Å². The van der Waals surface area contributed by atoms with Crippen LogP contribution in [0.2, 0.25) is 0 Å². The molecule has 6 heteroatoms. The second-order valence-electron chi connectivity index (χ2n) is 7.12. The van der Waals surface area contributed by atoms with Crippen molar-refractivity contribution in [3.05, 3.63) is 58.9 Å². The third-order valence-electron chi connectivity index (χ3n) is 5.05. The number of nitrogens with one attached hydrogen (secondary N) is 1. The molecule has 5 nitrogen and oxygen atoms in total. The minimum Gasteiger partial charge on any atom is -0.462 e. The molecule has 1 aliphatic rings. The maximum Gasteiger partial charge on any atom is 0.338 e. The van der Waals surface area contributed by atoms with Crippen LogP contribution in [0, 0.1) is 12.7 Å². The zero-order valence-electron chi connectivity index (χ0n) is 16.6. The summed E-state index contributed by atoms with van der Waals surface area (Å²) in [4.78, 5) is 25.7. The van der Waals surface area contributed by atoms with Gasteiger partial charge in [-0.05, 0) is 69.2 Å². The number of carbonyl (C=O) groups is 2. The molecule has 1 amide bonds. The molecule has 148 valence electrons. The van der Waals surface area contributed by atoms with Crippen LogP contribution in [0.5, 0.6) is 0 Å². The quantitative estimate of drug-likeness (QED) is 0.782. The maximum absolute atomic E-state index is 13.9. The molecule has 0 bridgehead atoms. The molecule has 2 unspecified atom stereocenters. The molecule has 2 aromatic carbocycles. The number of amides is 1. The average molecular weight is 384 g/mol. The molecule has 0 saturated heterocycles. The van der Waals surface area contributed by atoms with Gasteiger partial charge >= 0.3 is 5.97 Å². The number of rotatable bonds is 4. The molecule has 0 aromatic heterocycles. The number of hydrogen-bond donors (Lipinski definition) is 1. The molecular formula is C22H25FN2O3. The van der Waals surface area contributed by atoms with Gasteiger partial charge in [-0.1, -0.05) is 0 Å². The summed E-state index contributed by atoms with van der Waals surface area (Å²) in [7, 11) is 0. The number of hydrogen-bond acceptors (Lipinski definition) is 4. The Hall–Kier alpha value is -2.89. The van der Waals surface area contributed by atoms with E-state index in [0.717, 1.165) is 22.5 Å². The third-order valence-corrected chi connectivity index (χ3v) is 5.05. The second kappa shape index (κ2) is 8.00. The summed E-state index contributed by atoms with van der Waals surface area (Å²) >= 11 is 0. The molecule has 0 aliphatic carbocycles. The van der Waals surface area contributed by atoms with Gasteiger partial charge in [-0.15, -0.1) is 0 Å². The van der Waals surface area contributed by atoms with Crippen LogP contribution < -0.4 is 10.2 Å². The standard InChI is InChI=1S/C22H25FN2O3/c1-5-28-22(27)16-6-8-19(13(2)10-16)24-20-11-14(3)25(15(4)26)21-9-7-17(23)12-18(20)21/h6-10,12,14,20,24H,5,11H2,1-4H3. The van der Waals surface area contributed by atoms with Gasteiger partial charge in [0.05, 0.1) is 18.2 Å². The van der Waals surface area contributed by atoms with E-state index in [9.17, 15) is 14.0 Å². The normalized spacial score (nSPS) is 18.4. The van der Waals surface area contributed by atoms with E-state index < -0.39 is 0 Å². The molecule has 0 fully saturated rings. The highest BCUT2D eigenvalue weighted by molar-refractivity contribution is 5.94. The zero-order valence-corrected chi connectivity index (χ0v) is 16.6. The van der Waals surface area contributed by atoms with Gasteiger partial charge in [0.25, 0.3) is 0 Å². The minimum absolute atomic E-state index is 0.0212. The number of fused-ring (bicyclic) bond motifs is 1. The molecule has 0 radical (unpaired) electrons. The first-order valence-electron chi connectivity index (χ1n) is 9.45. The lowest BCUT2D eigenvalue weighted by atomic mass is 9.91. The Morgan fingerprint density at radius 3 is 2.64 bits per heavy atom. The van der Waals surface area contributed by atoms with E-state index in [4.69, 9.17) is 4.74 Å². The predicted octanol–water partition coefficient (Wildman–Crippen LogP) is 4.61. The fourth-order valence-corrected chi connectivity index (χ4v) is 3.81. The SMILES string of the molecule is CCOC(=O)c1ccc(NC2CC(C)N(C(C)=O)c3ccc(F)cc32)c(C)c1. The Kier molecular flexibility index (Phi) is 5.68. The lowest BCUT2D eigenvalue weighted by Gasteiger charge is -2.39. The van der Waals surface area contributed by atoms with Crippen molar-refractivity contribution in [2.45, 2.75) is 46.2 Å². The van der Waals surface area contributed by atoms with Gasteiger partial charge < -0.3 is 15.0 Å². The van der Waals surface area contributed by atoms with Crippen molar-refractivity contribution in [3.63, 3.8) is 0 Å². The van der Waals surface area contributed by atoms with Crippen molar-refractivity contribution in [2.75, 3.05) is 16.8 Å². The van der Waals surface area contributed by atoms with Gasteiger partial charge in [0, 0.05) is 29.9 Å². The Morgan fingerprint density at radius 2 is 2.00 bits per heavy atom.